The summed E-state index contributed by atoms with van der Waals surface area (Å²) < 4.78 is 6.55. The molecule has 0 fully saturated rings. The van der Waals surface area contributed by atoms with Crippen LogP contribution in [0, 0.1) is 5.92 Å². The Labute approximate surface area is 85.7 Å². The summed E-state index contributed by atoms with van der Waals surface area (Å²) in [5.74, 6) is 1.19. The monoisotopic (exact) mass is 242 g/mol. The van der Waals surface area contributed by atoms with Crippen LogP contribution in [0.2, 0.25) is 0 Å². The molecule has 0 saturated carbocycles. The van der Waals surface area contributed by atoms with Crippen LogP contribution in [0.25, 0.3) is 0 Å². The van der Waals surface area contributed by atoms with Crippen molar-refractivity contribution in [3.05, 3.63) is 28.2 Å². The van der Waals surface area contributed by atoms with Gasteiger partial charge in [0.2, 0.25) is 0 Å². The average Bonchev–Trinajstić information content (AvgIpc) is 2.18. The van der Waals surface area contributed by atoms with Gasteiger partial charge >= 0.3 is 0 Å². The van der Waals surface area contributed by atoms with Crippen molar-refractivity contribution >= 4 is 15.9 Å². The number of halogens is 1. The summed E-state index contributed by atoms with van der Waals surface area (Å²) in [6, 6.07) is 6.01. The number of hydrogen-bond acceptors (Lipinski definition) is 2. The van der Waals surface area contributed by atoms with E-state index in [2.05, 4.69) is 15.9 Å². The van der Waals surface area contributed by atoms with Crippen LogP contribution >= 0.6 is 15.9 Å². The van der Waals surface area contributed by atoms with Crippen molar-refractivity contribution in [3.8, 4) is 5.75 Å². The molecule has 0 spiro atoms. The van der Waals surface area contributed by atoms with Crippen molar-refractivity contribution in [2.24, 2.45) is 5.92 Å². The molecule has 2 nitrogen and oxygen atoms in total. The Morgan fingerprint density at radius 2 is 2.38 bits per heavy atom. The Balaban J connectivity index is 2.31. The van der Waals surface area contributed by atoms with Crippen molar-refractivity contribution in [1.82, 2.24) is 0 Å². The fraction of sp³-hybridized carbons (Fsp3) is 0.400. The van der Waals surface area contributed by atoms with E-state index >= 15 is 0 Å². The lowest BCUT2D eigenvalue weighted by atomic mass is 9.98. The quantitative estimate of drug-likeness (QED) is 0.817. The van der Waals surface area contributed by atoms with Gasteiger partial charge < -0.3 is 9.84 Å². The summed E-state index contributed by atoms with van der Waals surface area (Å²) in [5, 5.41) is 8.99. The van der Waals surface area contributed by atoms with E-state index in [9.17, 15) is 0 Å². The van der Waals surface area contributed by atoms with Crippen molar-refractivity contribution in [3.63, 3.8) is 0 Å². The second-order valence-electron chi connectivity index (χ2n) is 3.29. The van der Waals surface area contributed by atoms with Gasteiger partial charge in [-0.3, -0.25) is 0 Å². The molecule has 1 N–H and O–H groups in total. The first-order valence-electron chi connectivity index (χ1n) is 4.32. The van der Waals surface area contributed by atoms with E-state index in [-0.39, 0.29) is 12.5 Å². The van der Waals surface area contributed by atoms with Crippen LogP contribution in [-0.2, 0) is 6.42 Å². The maximum absolute atomic E-state index is 8.99. The molecule has 1 aliphatic heterocycles. The van der Waals surface area contributed by atoms with Gasteiger partial charge in [-0.1, -0.05) is 12.1 Å². The highest BCUT2D eigenvalue weighted by atomic mass is 79.9. The van der Waals surface area contributed by atoms with Gasteiger partial charge in [0.05, 0.1) is 11.1 Å². The van der Waals surface area contributed by atoms with Crippen LogP contribution in [0.3, 0.4) is 0 Å². The molecule has 0 aromatic heterocycles. The molecule has 1 heterocycles. The summed E-state index contributed by atoms with van der Waals surface area (Å²) in [4.78, 5) is 0. The van der Waals surface area contributed by atoms with Gasteiger partial charge in [-0.25, -0.2) is 0 Å². The zero-order valence-electron chi connectivity index (χ0n) is 7.16. The largest absolute Gasteiger partial charge is 0.492 e. The summed E-state index contributed by atoms with van der Waals surface area (Å²) in [5.41, 5.74) is 1.18. The smallest absolute Gasteiger partial charge is 0.136 e. The highest BCUT2D eigenvalue weighted by Gasteiger charge is 2.20. The van der Waals surface area contributed by atoms with E-state index < -0.39 is 0 Å². The Bertz CT molecular complexity index is 312. The molecule has 0 amide bonds. The number of ether oxygens (including phenoxy) is 1. The summed E-state index contributed by atoms with van der Waals surface area (Å²) in [6.07, 6.45) is 0.908. The third-order valence-electron chi connectivity index (χ3n) is 2.28. The maximum atomic E-state index is 8.99. The molecule has 0 radical (unpaired) electrons. The lowest BCUT2D eigenvalue weighted by Crippen LogP contribution is -2.23. The number of fused-ring (bicyclic) bond motifs is 1. The first-order valence-corrected chi connectivity index (χ1v) is 5.11. The lowest BCUT2D eigenvalue weighted by molar-refractivity contribution is 0.146. The van der Waals surface area contributed by atoms with Crippen LogP contribution in [0.5, 0.6) is 5.75 Å². The third-order valence-corrected chi connectivity index (χ3v) is 2.90. The average molecular weight is 243 g/mol. The first-order chi connectivity index (χ1) is 6.31. The number of benzene rings is 1. The van der Waals surface area contributed by atoms with Crippen molar-refractivity contribution in [1.29, 1.82) is 0 Å². The van der Waals surface area contributed by atoms with Gasteiger partial charge in [0.25, 0.3) is 0 Å². The van der Waals surface area contributed by atoms with Gasteiger partial charge in [-0.15, -0.1) is 0 Å². The predicted octanol–water partition coefficient (Wildman–Crippen LogP) is 1.99. The highest BCUT2D eigenvalue weighted by Crippen LogP contribution is 2.33. The van der Waals surface area contributed by atoms with E-state index in [0.29, 0.717) is 6.61 Å². The third kappa shape index (κ3) is 1.71. The fourth-order valence-corrected chi connectivity index (χ4v) is 2.09. The molecule has 1 aromatic rings. The van der Waals surface area contributed by atoms with Gasteiger partial charge in [-0.05, 0) is 34.0 Å². The molecule has 3 heteroatoms. The maximum Gasteiger partial charge on any atom is 0.136 e. The number of hydrogen-bond donors (Lipinski definition) is 1. The van der Waals surface area contributed by atoms with Crippen LogP contribution in [0.15, 0.2) is 22.7 Å². The molecule has 2 rings (SSSR count). The number of para-hydroxylation sites is 1. The number of aliphatic hydroxyl groups excluding tert-OH is 1. The van der Waals surface area contributed by atoms with Crippen LogP contribution in [-0.4, -0.2) is 18.3 Å². The lowest BCUT2D eigenvalue weighted by Gasteiger charge is -2.24. The Morgan fingerprint density at radius 1 is 1.54 bits per heavy atom. The summed E-state index contributed by atoms with van der Waals surface area (Å²) in [6.45, 7) is 0.818. The second kappa shape index (κ2) is 3.68. The number of rotatable bonds is 1. The molecule has 1 unspecified atom stereocenters. The van der Waals surface area contributed by atoms with E-state index in [1.807, 2.05) is 18.2 Å². The fourth-order valence-electron chi connectivity index (χ4n) is 1.56. The molecule has 1 atom stereocenters. The topological polar surface area (TPSA) is 29.5 Å². The zero-order chi connectivity index (χ0) is 9.26. The molecule has 13 heavy (non-hydrogen) atoms. The van der Waals surface area contributed by atoms with Crippen LogP contribution in [0.4, 0.5) is 0 Å². The van der Waals surface area contributed by atoms with E-state index in [1.54, 1.807) is 0 Å². The first kappa shape index (κ1) is 9.03. The minimum atomic E-state index is 0.200. The van der Waals surface area contributed by atoms with Gasteiger partial charge in [0, 0.05) is 12.5 Å². The van der Waals surface area contributed by atoms with Crippen LogP contribution < -0.4 is 4.74 Å². The Hall–Kier alpha value is -0.540. The summed E-state index contributed by atoms with van der Waals surface area (Å²) in [7, 11) is 0. The second-order valence-corrected chi connectivity index (χ2v) is 4.15. The van der Waals surface area contributed by atoms with Gasteiger partial charge in [0.1, 0.15) is 5.75 Å². The van der Waals surface area contributed by atoms with Crippen molar-refractivity contribution < 1.29 is 9.84 Å². The standard InChI is InChI=1S/C10H11BrO2/c11-9-3-1-2-8-4-7(5-12)6-13-10(8)9/h1-3,7,12H,4-6H2. The van der Waals surface area contributed by atoms with Crippen molar-refractivity contribution in [2.75, 3.05) is 13.2 Å². The molecule has 0 saturated heterocycles. The molecular formula is C10H11BrO2. The van der Waals surface area contributed by atoms with Crippen molar-refractivity contribution in [2.45, 2.75) is 6.42 Å². The summed E-state index contributed by atoms with van der Waals surface area (Å²) >= 11 is 3.44. The zero-order valence-corrected chi connectivity index (χ0v) is 8.75. The van der Waals surface area contributed by atoms with Gasteiger partial charge in [-0.2, -0.15) is 0 Å². The Kier molecular flexibility index (Phi) is 2.56. The molecule has 1 aromatic carbocycles. The minimum absolute atomic E-state index is 0.200. The van der Waals surface area contributed by atoms with E-state index in [4.69, 9.17) is 9.84 Å². The number of aliphatic hydroxyl groups is 1. The molecular weight excluding hydrogens is 232 g/mol. The van der Waals surface area contributed by atoms with E-state index in [0.717, 1.165) is 16.6 Å². The molecule has 0 bridgehead atoms. The molecule has 0 aliphatic carbocycles. The van der Waals surface area contributed by atoms with Gasteiger partial charge in [0.15, 0.2) is 0 Å². The Morgan fingerprint density at radius 3 is 3.15 bits per heavy atom. The SMILES string of the molecule is OCC1COc2c(Br)cccc2C1. The molecule has 1 aliphatic rings. The van der Waals surface area contributed by atoms with E-state index in [1.165, 1.54) is 5.56 Å². The predicted molar refractivity (Wildman–Crippen MR) is 53.9 cm³/mol. The van der Waals surface area contributed by atoms with Crippen LogP contribution in [0.1, 0.15) is 5.56 Å². The highest BCUT2D eigenvalue weighted by molar-refractivity contribution is 9.10. The molecule has 70 valence electrons. The normalized spacial score (nSPS) is 20.6. The minimum Gasteiger partial charge on any atom is -0.492 e.